The van der Waals surface area contributed by atoms with Crippen LogP contribution in [0, 0.1) is 13.8 Å². The monoisotopic (exact) mass is 269 g/mol. The second kappa shape index (κ2) is 4.55. The van der Waals surface area contributed by atoms with E-state index in [1.807, 2.05) is 36.4 Å². The number of nitrogen functional groups attached to an aromatic ring is 1. The van der Waals surface area contributed by atoms with Gasteiger partial charge in [-0.1, -0.05) is 18.2 Å². The summed E-state index contributed by atoms with van der Waals surface area (Å²) in [5, 5.41) is 4.61. The van der Waals surface area contributed by atoms with Crippen molar-refractivity contribution < 1.29 is 0 Å². The van der Waals surface area contributed by atoms with Crippen LogP contribution in [-0.4, -0.2) is 9.78 Å². The molecule has 3 nitrogen and oxygen atoms in total. The number of aromatic nitrogens is 2. The third-order valence-corrected chi connectivity index (χ3v) is 4.33. The first-order valence-corrected chi connectivity index (χ1v) is 6.95. The topological polar surface area (TPSA) is 43.8 Å². The molecular formula is C15H15N3S. The number of nitrogens with two attached hydrogens (primary N) is 1. The summed E-state index contributed by atoms with van der Waals surface area (Å²) >= 11 is 1.75. The van der Waals surface area contributed by atoms with Gasteiger partial charge in [-0.2, -0.15) is 5.10 Å². The van der Waals surface area contributed by atoms with Crippen molar-refractivity contribution in [2.24, 2.45) is 0 Å². The van der Waals surface area contributed by atoms with Gasteiger partial charge in [-0.3, -0.25) is 0 Å². The average molecular weight is 269 g/mol. The summed E-state index contributed by atoms with van der Waals surface area (Å²) in [4.78, 5) is 2.49. The van der Waals surface area contributed by atoms with Crippen LogP contribution in [0.1, 0.15) is 10.4 Å². The van der Waals surface area contributed by atoms with E-state index in [1.54, 1.807) is 16.0 Å². The second-order valence-corrected chi connectivity index (χ2v) is 5.81. The molecule has 4 heteroatoms. The molecule has 0 radical (unpaired) electrons. The number of thiophene rings is 1. The number of para-hydroxylation sites is 1. The van der Waals surface area contributed by atoms with Crippen molar-refractivity contribution >= 4 is 17.2 Å². The van der Waals surface area contributed by atoms with Crippen LogP contribution in [0.5, 0.6) is 0 Å². The van der Waals surface area contributed by atoms with Gasteiger partial charge in [0.1, 0.15) is 11.5 Å². The molecule has 0 amide bonds. The maximum Gasteiger partial charge on any atom is 0.127 e. The standard InChI is InChI=1S/C15H15N3S/c1-10-8-14(19-11(10)2)13-9-15(16)18(17-13)12-6-4-3-5-7-12/h3-9H,16H2,1-2H3. The Hall–Kier alpha value is -2.07. The number of benzene rings is 1. The van der Waals surface area contributed by atoms with Crippen LogP contribution in [0.4, 0.5) is 5.82 Å². The SMILES string of the molecule is Cc1cc(-c2cc(N)n(-c3ccccc3)n2)sc1C. The smallest absolute Gasteiger partial charge is 0.127 e. The predicted octanol–water partition coefficient (Wildman–Crippen LogP) is 3.80. The van der Waals surface area contributed by atoms with Crippen molar-refractivity contribution in [2.75, 3.05) is 5.73 Å². The summed E-state index contributed by atoms with van der Waals surface area (Å²) in [6.45, 7) is 4.24. The molecule has 0 saturated carbocycles. The molecule has 1 aromatic carbocycles. The van der Waals surface area contributed by atoms with Gasteiger partial charge in [-0.05, 0) is 37.6 Å². The number of rotatable bonds is 2. The van der Waals surface area contributed by atoms with Crippen LogP contribution < -0.4 is 5.73 Å². The first-order chi connectivity index (χ1) is 9.15. The Kier molecular flexibility index (Phi) is 2.87. The molecule has 0 aliphatic heterocycles. The fourth-order valence-electron chi connectivity index (χ4n) is 1.99. The van der Waals surface area contributed by atoms with Gasteiger partial charge in [0.2, 0.25) is 0 Å². The van der Waals surface area contributed by atoms with E-state index in [-0.39, 0.29) is 0 Å². The van der Waals surface area contributed by atoms with E-state index < -0.39 is 0 Å². The number of nitrogens with zero attached hydrogens (tertiary/aromatic N) is 2. The van der Waals surface area contributed by atoms with Crippen molar-refractivity contribution in [3.05, 3.63) is 52.9 Å². The van der Waals surface area contributed by atoms with Gasteiger partial charge in [-0.15, -0.1) is 11.3 Å². The molecule has 0 bridgehead atoms. The fourth-order valence-corrected chi connectivity index (χ4v) is 2.98. The molecule has 2 aromatic heterocycles. The van der Waals surface area contributed by atoms with Crippen LogP contribution in [0.25, 0.3) is 16.3 Å². The molecule has 2 heterocycles. The Morgan fingerprint density at radius 1 is 1.11 bits per heavy atom. The number of aryl methyl sites for hydroxylation is 2. The fraction of sp³-hybridized carbons (Fsp3) is 0.133. The highest BCUT2D eigenvalue weighted by Gasteiger charge is 2.11. The molecule has 0 spiro atoms. The van der Waals surface area contributed by atoms with E-state index in [1.165, 1.54) is 10.4 Å². The first kappa shape index (κ1) is 12.0. The molecule has 0 aliphatic rings. The van der Waals surface area contributed by atoms with E-state index in [4.69, 9.17) is 5.73 Å². The Labute approximate surface area is 116 Å². The van der Waals surface area contributed by atoms with Gasteiger partial charge < -0.3 is 5.73 Å². The van der Waals surface area contributed by atoms with Gasteiger partial charge in [0.25, 0.3) is 0 Å². The van der Waals surface area contributed by atoms with Crippen LogP contribution >= 0.6 is 11.3 Å². The largest absolute Gasteiger partial charge is 0.384 e. The highest BCUT2D eigenvalue weighted by atomic mass is 32.1. The first-order valence-electron chi connectivity index (χ1n) is 6.13. The summed E-state index contributed by atoms with van der Waals surface area (Å²) < 4.78 is 1.78. The molecule has 3 aromatic rings. The van der Waals surface area contributed by atoms with Crippen molar-refractivity contribution in [3.63, 3.8) is 0 Å². The third kappa shape index (κ3) is 2.15. The third-order valence-electron chi connectivity index (χ3n) is 3.16. The number of hydrogen-bond acceptors (Lipinski definition) is 3. The van der Waals surface area contributed by atoms with Crippen LogP contribution in [0.15, 0.2) is 42.5 Å². The summed E-state index contributed by atoms with van der Waals surface area (Å²) in [6.07, 6.45) is 0. The van der Waals surface area contributed by atoms with Crippen molar-refractivity contribution in [2.45, 2.75) is 13.8 Å². The highest BCUT2D eigenvalue weighted by Crippen LogP contribution is 2.31. The number of anilines is 1. The zero-order valence-corrected chi connectivity index (χ0v) is 11.7. The van der Waals surface area contributed by atoms with Gasteiger partial charge in [0, 0.05) is 10.9 Å². The van der Waals surface area contributed by atoms with E-state index in [0.717, 1.165) is 16.3 Å². The molecule has 0 saturated heterocycles. The maximum atomic E-state index is 6.06. The normalized spacial score (nSPS) is 10.8. The molecule has 2 N–H and O–H groups in total. The van der Waals surface area contributed by atoms with E-state index in [9.17, 15) is 0 Å². The van der Waals surface area contributed by atoms with Gasteiger partial charge in [0.15, 0.2) is 0 Å². The Balaban J connectivity index is 2.07. The minimum atomic E-state index is 0.657. The van der Waals surface area contributed by atoms with Crippen LogP contribution in [-0.2, 0) is 0 Å². The molecule has 0 unspecified atom stereocenters. The molecule has 0 aliphatic carbocycles. The van der Waals surface area contributed by atoms with Crippen molar-refractivity contribution in [1.82, 2.24) is 9.78 Å². The lowest BCUT2D eigenvalue weighted by Gasteiger charge is -2.02. The van der Waals surface area contributed by atoms with Crippen LogP contribution in [0.3, 0.4) is 0 Å². The highest BCUT2D eigenvalue weighted by molar-refractivity contribution is 7.15. The summed E-state index contributed by atoms with van der Waals surface area (Å²) in [7, 11) is 0. The molecular weight excluding hydrogens is 254 g/mol. The predicted molar refractivity (Wildman–Crippen MR) is 80.8 cm³/mol. The minimum absolute atomic E-state index is 0.657. The Bertz CT molecular complexity index is 691. The van der Waals surface area contributed by atoms with Gasteiger partial charge in [-0.25, -0.2) is 4.68 Å². The Morgan fingerprint density at radius 2 is 1.84 bits per heavy atom. The second-order valence-electron chi connectivity index (χ2n) is 4.55. The zero-order valence-electron chi connectivity index (χ0n) is 10.9. The van der Waals surface area contributed by atoms with Crippen molar-refractivity contribution in [1.29, 1.82) is 0 Å². The molecule has 0 atom stereocenters. The molecule has 0 fully saturated rings. The zero-order chi connectivity index (χ0) is 13.4. The summed E-state index contributed by atoms with van der Waals surface area (Å²) in [6, 6.07) is 14.0. The van der Waals surface area contributed by atoms with E-state index >= 15 is 0 Å². The molecule has 96 valence electrons. The minimum Gasteiger partial charge on any atom is -0.384 e. The lowest BCUT2D eigenvalue weighted by atomic mass is 10.2. The quantitative estimate of drug-likeness (QED) is 0.769. The Morgan fingerprint density at radius 3 is 2.47 bits per heavy atom. The number of hydrogen-bond donors (Lipinski definition) is 1. The average Bonchev–Trinajstić information content (AvgIpc) is 2.95. The lowest BCUT2D eigenvalue weighted by Crippen LogP contribution is -2.00. The summed E-state index contributed by atoms with van der Waals surface area (Å²) in [5.74, 6) is 0.657. The van der Waals surface area contributed by atoms with Gasteiger partial charge >= 0.3 is 0 Å². The lowest BCUT2D eigenvalue weighted by molar-refractivity contribution is 0.896. The summed E-state index contributed by atoms with van der Waals surface area (Å²) in [5.41, 5.74) is 9.28. The van der Waals surface area contributed by atoms with Crippen molar-refractivity contribution in [3.8, 4) is 16.3 Å². The van der Waals surface area contributed by atoms with E-state index in [2.05, 4.69) is 25.0 Å². The van der Waals surface area contributed by atoms with E-state index in [0.29, 0.717) is 5.82 Å². The van der Waals surface area contributed by atoms with Gasteiger partial charge in [0.05, 0.1) is 10.6 Å². The molecule has 19 heavy (non-hydrogen) atoms. The van der Waals surface area contributed by atoms with Crippen LogP contribution in [0.2, 0.25) is 0 Å². The maximum absolute atomic E-state index is 6.06. The molecule has 3 rings (SSSR count).